The zero-order valence-electron chi connectivity index (χ0n) is 16.2. The van der Waals surface area contributed by atoms with Gasteiger partial charge in [0, 0.05) is 12.2 Å². The van der Waals surface area contributed by atoms with Gasteiger partial charge >= 0.3 is 5.97 Å². The van der Waals surface area contributed by atoms with Crippen LogP contribution in [-0.4, -0.2) is 17.6 Å². The maximum atomic E-state index is 13.6. The van der Waals surface area contributed by atoms with Crippen molar-refractivity contribution in [2.45, 2.75) is 53.4 Å². The van der Waals surface area contributed by atoms with Crippen LogP contribution in [0.5, 0.6) is 0 Å². The number of hydrogen-bond acceptors (Lipinski definition) is 2. The minimum atomic E-state index is -1.26. The number of benzene rings is 1. The SMILES string of the molecule is CC(C)=CCCC(C)=CCCC(C)=CCNc1ccc(C(=O)O)c(F)c1. The van der Waals surface area contributed by atoms with Crippen molar-refractivity contribution in [2.24, 2.45) is 0 Å². The number of halogens is 1. The maximum Gasteiger partial charge on any atom is 0.338 e. The van der Waals surface area contributed by atoms with Crippen molar-refractivity contribution in [1.29, 1.82) is 0 Å². The Bertz CT molecular complexity index is 698. The van der Waals surface area contributed by atoms with Gasteiger partial charge in [0.25, 0.3) is 0 Å². The van der Waals surface area contributed by atoms with E-state index in [9.17, 15) is 9.18 Å². The maximum absolute atomic E-state index is 13.6. The molecule has 1 aromatic rings. The lowest BCUT2D eigenvalue weighted by molar-refractivity contribution is 0.0692. The molecule has 0 saturated carbocycles. The summed E-state index contributed by atoms with van der Waals surface area (Å²) in [6.45, 7) is 9.09. The number of aromatic carboxylic acids is 1. The summed E-state index contributed by atoms with van der Waals surface area (Å²) in [7, 11) is 0. The summed E-state index contributed by atoms with van der Waals surface area (Å²) >= 11 is 0. The second-order valence-corrected chi connectivity index (χ2v) is 6.84. The van der Waals surface area contributed by atoms with Gasteiger partial charge in [-0.15, -0.1) is 0 Å². The fourth-order valence-electron chi connectivity index (χ4n) is 2.48. The molecule has 3 nitrogen and oxygen atoms in total. The van der Waals surface area contributed by atoms with Crippen LogP contribution in [0.4, 0.5) is 10.1 Å². The molecule has 142 valence electrons. The van der Waals surface area contributed by atoms with Gasteiger partial charge in [-0.2, -0.15) is 0 Å². The number of carbonyl (C=O) groups is 1. The van der Waals surface area contributed by atoms with Gasteiger partial charge in [-0.3, -0.25) is 0 Å². The molecule has 0 saturated heterocycles. The molecule has 0 radical (unpaired) electrons. The van der Waals surface area contributed by atoms with E-state index in [4.69, 9.17) is 5.11 Å². The molecule has 0 heterocycles. The van der Waals surface area contributed by atoms with Crippen LogP contribution >= 0.6 is 0 Å². The van der Waals surface area contributed by atoms with Gasteiger partial charge in [0.1, 0.15) is 5.82 Å². The molecule has 0 bridgehead atoms. The van der Waals surface area contributed by atoms with Crippen LogP contribution in [0.3, 0.4) is 0 Å². The largest absolute Gasteiger partial charge is 0.478 e. The molecule has 2 N–H and O–H groups in total. The minimum absolute atomic E-state index is 0.311. The van der Waals surface area contributed by atoms with E-state index in [-0.39, 0.29) is 5.56 Å². The third kappa shape index (κ3) is 8.65. The molecule has 1 rings (SSSR count). The average Bonchev–Trinajstić information content (AvgIpc) is 2.54. The van der Waals surface area contributed by atoms with Crippen LogP contribution in [0, 0.1) is 5.82 Å². The van der Waals surface area contributed by atoms with Gasteiger partial charge in [0.15, 0.2) is 0 Å². The van der Waals surface area contributed by atoms with Crippen LogP contribution < -0.4 is 5.32 Å². The van der Waals surface area contributed by atoms with E-state index >= 15 is 0 Å². The molecule has 0 fully saturated rings. The highest BCUT2D eigenvalue weighted by molar-refractivity contribution is 5.88. The van der Waals surface area contributed by atoms with Gasteiger partial charge in [-0.05, 0) is 71.6 Å². The first-order chi connectivity index (χ1) is 12.3. The zero-order valence-corrected chi connectivity index (χ0v) is 16.2. The highest BCUT2D eigenvalue weighted by atomic mass is 19.1. The Morgan fingerprint density at radius 3 is 2.23 bits per heavy atom. The summed E-state index contributed by atoms with van der Waals surface area (Å²) in [5.74, 6) is -1.98. The van der Waals surface area contributed by atoms with Crippen molar-refractivity contribution in [3.63, 3.8) is 0 Å². The van der Waals surface area contributed by atoms with Crippen LogP contribution in [0.25, 0.3) is 0 Å². The zero-order chi connectivity index (χ0) is 19.5. The third-order valence-corrected chi connectivity index (χ3v) is 4.08. The molecule has 1 aromatic carbocycles. The second-order valence-electron chi connectivity index (χ2n) is 6.84. The van der Waals surface area contributed by atoms with Gasteiger partial charge in [0.2, 0.25) is 0 Å². The highest BCUT2D eigenvalue weighted by Crippen LogP contribution is 2.15. The Balaban J connectivity index is 2.39. The molecular formula is C22H30FNO2. The molecule has 26 heavy (non-hydrogen) atoms. The summed E-state index contributed by atoms with van der Waals surface area (Å²) in [6, 6.07) is 4.07. The molecule has 0 atom stereocenters. The van der Waals surface area contributed by atoms with Crippen molar-refractivity contribution in [2.75, 3.05) is 11.9 Å². The van der Waals surface area contributed by atoms with Gasteiger partial charge in [-0.25, -0.2) is 9.18 Å². The molecule has 0 unspecified atom stereocenters. The summed E-state index contributed by atoms with van der Waals surface area (Å²) in [5, 5.41) is 11.9. The second kappa shape index (κ2) is 11.3. The van der Waals surface area contributed by atoms with E-state index in [1.165, 1.54) is 28.9 Å². The molecule has 4 heteroatoms. The summed E-state index contributed by atoms with van der Waals surface area (Å²) in [6.07, 6.45) is 10.9. The Hall–Kier alpha value is -2.36. The van der Waals surface area contributed by atoms with E-state index in [0.717, 1.165) is 25.7 Å². The Labute approximate surface area is 156 Å². The normalized spacial score (nSPS) is 12.0. The molecule has 0 amide bonds. The fourth-order valence-corrected chi connectivity index (χ4v) is 2.48. The van der Waals surface area contributed by atoms with Gasteiger partial charge in [0.05, 0.1) is 5.56 Å². The number of nitrogens with one attached hydrogen (secondary N) is 1. The summed E-state index contributed by atoms with van der Waals surface area (Å²) in [4.78, 5) is 10.8. The molecule has 0 aliphatic rings. The van der Waals surface area contributed by atoms with Crippen molar-refractivity contribution in [3.8, 4) is 0 Å². The van der Waals surface area contributed by atoms with Crippen LogP contribution in [-0.2, 0) is 0 Å². The molecular weight excluding hydrogens is 329 g/mol. The molecule has 0 aliphatic heterocycles. The number of carboxylic acid groups (broad SMARTS) is 1. The number of hydrogen-bond donors (Lipinski definition) is 2. The first-order valence-electron chi connectivity index (χ1n) is 9.01. The summed E-state index contributed by atoms with van der Waals surface area (Å²) < 4.78 is 13.6. The molecule has 0 aromatic heterocycles. The first kappa shape index (κ1) is 21.7. The van der Waals surface area contributed by atoms with E-state index in [0.29, 0.717) is 12.2 Å². The van der Waals surface area contributed by atoms with E-state index in [1.54, 1.807) is 6.07 Å². The van der Waals surface area contributed by atoms with Gasteiger partial charge < -0.3 is 10.4 Å². The quantitative estimate of drug-likeness (QED) is 0.478. The number of allylic oxidation sites excluding steroid dienone is 5. The number of carboxylic acids is 1. The van der Waals surface area contributed by atoms with Crippen LogP contribution in [0.1, 0.15) is 63.7 Å². The molecule has 0 aliphatic carbocycles. The van der Waals surface area contributed by atoms with Gasteiger partial charge in [-0.1, -0.05) is 34.9 Å². The average molecular weight is 359 g/mol. The standard InChI is InChI=1S/C22H30FNO2/c1-16(2)7-5-8-17(3)9-6-10-18(4)13-14-24-19-11-12-20(22(25)26)21(23)15-19/h7,9,11-13,15,24H,5-6,8,10,14H2,1-4H3,(H,25,26). The fraction of sp³-hybridized carbons (Fsp3) is 0.409. The Morgan fingerprint density at radius 1 is 1.04 bits per heavy atom. The number of rotatable bonds is 10. The van der Waals surface area contributed by atoms with E-state index < -0.39 is 11.8 Å². The van der Waals surface area contributed by atoms with E-state index in [2.05, 4.69) is 51.2 Å². The first-order valence-corrected chi connectivity index (χ1v) is 9.01. The Kier molecular flexibility index (Phi) is 9.42. The van der Waals surface area contributed by atoms with Crippen molar-refractivity contribution < 1.29 is 14.3 Å². The predicted octanol–water partition coefficient (Wildman–Crippen LogP) is 6.36. The lowest BCUT2D eigenvalue weighted by atomic mass is 10.1. The van der Waals surface area contributed by atoms with Crippen molar-refractivity contribution in [3.05, 3.63) is 64.5 Å². The smallest absolute Gasteiger partial charge is 0.338 e. The van der Waals surface area contributed by atoms with Crippen LogP contribution in [0.15, 0.2) is 53.1 Å². The summed E-state index contributed by atoms with van der Waals surface area (Å²) in [5.41, 5.74) is 4.32. The lowest BCUT2D eigenvalue weighted by Gasteiger charge is -2.06. The van der Waals surface area contributed by atoms with Crippen molar-refractivity contribution in [1.82, 2.24) is 0 Å². The number of anilines is 1. The molecule has 0 spiro atoms. The topological polar surface area (TPSA) is 49.3 Å². The highest BCUT2D eigenvalue weighted by Gasteiger charge is 2.09. The Morgan fingerprint density at radius 2 is 1.65 bits per heavy atom. The third-order valence-electron chi connectivity index (χ3n) is 4.08. The predicted molar refractivity (Wildman–Crippen MR) is 107 cm³/mol. The van der Waals surface area contributed by atoms with Crippen molar-refractivity contribution >= 4 is 11.7 Å². The van der Waals surface area contributed by atoms with Crippen LogP contribution in [0.2, 0.25) is 0 Å². The minimum Gasteiger partial charge on any atom is -0.478 e. The monoisotopic (exact) mass is 359 g/mol. The van der Waals surface area contributed by atoms with E-state index in [1.807, 2.05) is 0 Å². The lowest BCUT2D eigenvalue weighted by Crippen LogP contribution is -2.03.